The van der Waals surface area contributed by atoms with Crippen LogP contribution in [-0.2, 0) is 38.0 Å². The minimum atomic E-state index is -0.655. The largest absolute Gasteiger partial charge is 1.00 e. The van der Waals surface area contributed by atoms with E-state index in [0.29, 0.717) is 12.8 Å². The minimum Gasteiger partial charge on any atom is -0.870 e. The van der Waals surface area contributed by atoms with Crippen molar-refractivity contribution in [2.75, 3.05) is 33.5 Å². The second kappa shape index (κ2) is 22.2. The van der Waals surface area contributed by atoms with Gasteiger partial charge in [-0.05, 0) is 0 Å². The summed E-state index contributed by atoms with van der Waals surface area (Å²) in [5.74, 6) is 3.77. The number of carbonyl (C=O) groups is 2. The molecule has 0 aromatic heterocycles. The van der Waals surface area contributed by atoms with Gasteiger partial charge in [0.05, 0.1) is 12.7 Å². The Bertz CT molecular complexity index is 632. The summed E-state index contributed by atoms with van der Waals surface area (Å²) < 4.78 is 30.7. The Morgan fingerprint density at radius 1 is 0.971 bits per heavy atom. The van der Waals surface area contributed by atoms with E-state index in [4.69, 9.17) is 51.5 Å². The summed E-state index contributed by atoms with van der Waals surface area (Å²) in [6, 6.07) is 0. The van der Waals surface area contributed by atoms with Crippen LogP contribution in [0, 0.1) is 24.7 Å². The monoisotopic (exact) mass is 500 g/mol. The van der Waals surface area contributed by atoms with Gasteiger partial charge >= 0.3 is 41.5 Å². The van der Waals surface area contributed by atoms with E-state index in [2.05, 4.69) is 11.8 Å². The predicted molar refractivity (Wildman–Crippen MR) is 111 cm³/mol. The van der Waals surface area contributed by atoms with Crippen LogP contribution in [0.2, 0.25) is 0 Å². The summed E-state index contributed by atoms with van der Waals surface area (Å²) in [6.45, 7) is 2.69. The van der Waals surface area contributed by atoms with E-state index >= 15 is 0 Å². The summed E-state index contributed by atoms with van der Waals surface area (Å²) in [5.41, 5.74) is 0. The molecular weight excluding hydrogens is 467 g/mol. The van der Waals surface area contributed by atoms with Gasteiger partial charge in [0.15, 0.2) is 12.6 Å². The average molecular weight is 500 g/mol. The quantitative estimate of drug-likeness (QED) is 0.166. The molecule has 0 aromatic rings. The zero-order valence-electron chi connectivity index (χ0n) is 19.9. The van der Waals surface area contributed by atoms with Gasteiger partial charge in [-0.25, -0.2) is 0 Å². The molecule has 190 valence electrons. The number of carbonyl (C=O) groups excluding carboxylic acids is 2. The van der Waals surface area contributed by atoms with Crippen molar-refractivity contribution in [2.24, 2.45) is 0 Å². The van der Waals surface area contributed by atoms with Crippen LogP contribution in [0.15, 0.2) is 0 Å². The number of aliphatic hydroxyl groups is 3. The Labute approximate surface area is 221 Å². The van der Waals surface area contributed by atoms with E-state index < -0.39 is 48.9 Å². The first-order chi connectivity index (χ1) is 15.3. The zero-order chi connectivity index (χ0) is 24.5. The number of rotatable bonds is 8. The van der Waals surface area contributed by atoms with E-state index in [9.17, 15) is 14.7 Å². The molecule has 2 aliphatic rings. The van der Waals surface area contributed by atoms with Crippen LogP contribution in [0.25, 0.3) is 0 Å². The third-order valence-electron chi connectivity index (χ3n) is 4.01. The molecule has 2 saturated heterocycles. The summed E-state index contributed by atoms with van der Waals surface area (Å²) in [6.07, 6.45) is 7.53. The summed E-state index contributed by atoms with van der Waals surface area (Å²) in [7, 11) is 1.00. The molecule has 2 rings (SSSR count). The van der Waals surface area contributed by atoms with Crippen LogP contribution in [0.4, 0.5) is 0 Å². The van der Waals surface area contributed by atoms with Gasteiger partial charge in [-0.2, -0.15) is 0 Å². The van der Waals surface area contributed by atoms with Crippen LogP contribution in [0.3, 0.4) is 0 Å². The molecule has 2 aliphatic heterocycles. The number of esters is 2. The Hall–Kier alpha value is -1.26. The first-order valence-electron chi connectivity index (χ1n) is 9.75. The second-order valence-electron chi connectivity index (χ2n) is 6.41. The van der Waals surface area contributed by atoms with Crippen LogP contribution < -0.4 is 29.6 Å². The fourth-order valence-electron chi connectivity index (χ4n) is 2.71. The van der Waals surface area contributed by atoms with Crippen molar-refractivity contribution in [3.05, 3.63) is 0 Å². The molecule has 0 bridgehead atoms. The van der Waals surface area contributed by atoms with Gasteiger partial charge in [-0.15, -0.1) is 12.8 Å². The third kappa shape index (κ3) is 15.6. The number of aliphatic hydroxyl groups excluding tert-OH is 3. The summed E-state index contributed by atoms with van der Waals surface area (Å²) in [4.78, 5) is 21.7. The van der Waals surface area contributed by atoms with Crippen molar-refractivity contribution < 1.29 is 88.4 Å². The second-order valence-corrected chi connectivity index (χ2v) is 6.41. The number of hydrogen-bond acceptors (Lipinski definition) is 12. The van der Waals surface area contributed by atoms with E-state index in [1.807, 2.05) is 0 Å². The first kappa shape index (κ1) is 37.3. The van der Waals surface area contributed by atoms with Gasteiger partial charge in [0.1, 0.15) is 38.1 Å². The minimum absolute atomic E-state index is 0. The SMILES string of the molecule is C#CCO[C@H]1CC(O)[C@@H](CO)O1.C#CCO[C@H]1CC(OC(C)=O)[C@@H](COC(C)=O)O1.CO.[Na+].[OH-]. The summed E-state index contributed by atoms with van der Waals surface area (Å²) >= 11 is 0. The Balaban J connectivity index is -0.000000528. The van der Waals surface area contributed by atoms with Crippen LogP contribution in [-0.4, -0.2) is 103 Å². The maximum absolute atomic E-state index is 10.9. The maximum atomic E-state index is 10.9. The third-order valence-corrected chi connectivity index (χ3v) is 4.01. The van der Waals surface area contributed by atoms with E-state index in [1.165, 1.54) is 13.8 Å². The standard InChI is InChI=1S/C12H16O6.C8H12O4.CH4O.Na.H2O/c1-4-5-15-12-6-10(17-9(3)14)11(18-12)7-16-8(2)13;1-2-3-11-8-4-6(10)7(5-9)12-8;1-2;;/h1,10-12H,5-7H2,2-3H3;1,6-10H,3-5H2;2H,1H3;;1H2/q;;;+1;/p-1/t10?,11-,12-;6?,7-,8-;;;/m11.../s1. The van der Waals surface area contributed by atoms with Crippen LogP contribution in [0.1, 0.15) is 26.7 Å². The molecular formula is C21H33NaO12. The molecule has 2 unspecified atom stereocenters. The average Bonchev–Trinajstić information content (AvgIpc) is 3.32. The van der Waals surface area contributed by atoms with Crippen LogP contribution in [0.5, 0.6) is 0 Å². The maximum Gasteiger partial charge on any atom is 1.00 e. The number of hydrogen-bond donors (Lipinski definition) is 3. The Kier molecular flexibility index (Phi) is 24.4. The van der Waals surface area contributed by atoms with E-state index in [-0.39, 0.29) is 61.5 Å². The fourth-order valence-corrected chi connectivity index (χ4v) is 2.71. The molecule has 0 spiro atoms. The number of ether oxygens (including phenoxy) is 6. The van der Waals surface area contributed by atoms with Crippen molar-refractivity contribution in [3.8, 4) is 24.7 Å². The van der Waals surface area contributed by atoms with Gasteiger partial charge in [-0.3, -0.25) is 9.59 Å². The van der Waals surface area contributed by atoms with Gasteiger partial charge in [0, 0.05) is 33.8 Å². The molecule has 4 N–H and O–H groups in total. The molecule has 2 heterocycles. The van der Waals surface area contributed by atoms with E-state index in [1.54, 1.807) is 0 Å². The number of terminal acetylenes is 2. The first-order valence-corrected chi connectivity index (χ1v) is 9.75. The smallest absolute Gasteiger partial charge is 0.870 e. The molecule has 34 heavy (non-hydrogen) atoms. The van der Waals surface area contributed by atoms with Crippen LogP contribution >= 0.6 is 0 Å². The van der Waals surface area contributed by atoms with Crippen molar-refractivity contribution >= 4 is 11.9 Å². The van der Waals surface area contributed by atoms with Gasteiger partial charge in [0.25, 0.3) is 0 Å². The molecule has 6 atom stereocenters. The summed E-state index contributed by atoms with van der Waals surface area (Å²) in [5, 5.41) is 24.9. The van der Waals surface area contributed by atoms with E-state index in [0.717, 1.165) is 7.11 Å². The molecule has 0 amide bonds. The molecule has 0 aromatic carbocycles. The molecule has 2 fully saturated rings. The predicted octanol–water partition coefficient (Wildman–Crippen LogP) is -4.21. The topological polar surface area (TPSA) is 180 Å². The Morgan fingerprint density at radius 2 is 1.47 bits per heavy atom. The van der Waals surface area contributed by atoms with Crippen molar-refractivity contribution in [3.63, 3.8) is 0 Å². The Morgan fingerprint density at radius 3 is 1.88 bits per heavy atom. The van der Waals surface area contributed by atoms with Crippen molar-refractivity contribution in [1.29, 1.82) is 0 Å². The zero-order valence-corrected chi connectivity index (χ0v) is 21.9. The van der Waals surface area contributed by atoms with Gasteiger partial charge in [0.2, 0.25) is 0 Å². The van der Waals surface area contributed by atoms with Crippen molar-refractivity contribution in [2.45, 2.75) is 63.7 Å². The van der Waals surface area contributed by atoms with Crippen molar-refractivity contribution in [1.82, 2.24) is 0 Å². The molecule has 0 radical (unpaired) electrons. The van der Waals surface area contributed by atoms with Gasteiger partial charge < -0.3 is 49.2 Å². The molecule has 0 saturated carbocycles. The normalized spacial score (nSPS) is 26.5. The fraction of sp³-hybridized carbons (Fsp3) is 0.714. The van der Waals surface area contributed by atoms with Gasteiger partial charge in [-0.1, -0.05) is 11.8 Å². The molecule has 12 nitrogen and oxygen atoms in total. The molecule has 13 heteroatoms. The molecule has 0 aliphatic carbocycles.